The summed E-state index contributed by atoms with van der Waals surface area (Å²) in [6.45, 7) is 9.13. The van der Waals surface area contributed by atoms with Crippen molar-refractivity contribution in [3.8, 4) is 0 Å². The minimum Gasteiger partial charge on any atom is -0.334 e. The quantitative estimate of drug-likeness (QED) is 0.170. The number of nitrogens with zero attached hydrogens (tertiary/aromatic N) is 2. The van der Waals surface area contributed by atoms with Gasteiger partial charge >= 0.3 is 0 Å². The lowest BCUT2D eigenvalue weighted by atomic mass is 9.86. The first-order chi connectivity index (χ1) is 24.3. The highest BCUT2D eigenvalue weighted by Gasteiger charge is 2.22. The first-order valence-corrected chi connectivity index (χ1v) is 17.6. The van der Waals surface area contributed by atoms with Crippen LogP contribution in [0.3, 0.4) is 0 Å². The van der Waals surface area contributed by atoms with E-state index in [1.807, 2.05) is 0 Å². The number of hydrogen-bond donors (Lipinski definition) is 0. The third-order valence-electron chi connectivity index (χ3n) is 10.1. The van der Waals surface area contributed by atoms with Gasteiger partial charge in [-0.1, -0.05) is 148 Å². The lowest BCUT2D eigenvalue weighted by Crippen LogP contribution is -2.22. The molecular formula is C48H42N2. The van der Waals surface area contributed by atoms with E-state index in [1.165, 1.54) is 49.1 Å². The highest BCUT2D eigenvalue weighted by Crippen LogP contribution is 2.44. The summed E-state index contributed by atoms with van der Waals surface area (Å²) in [5, 5.41) is 7.37. The van der Waals surface area contributed by atoms with Crippen molar-refractivity contribution in [2.75, 3.05) is 9.80 Å². The van der Waals surface area contributed by atoms with Crippen molar-refractivity contribution in [1.29, 1.82) is 0 Å². The first kappa shape index (κ1) is 31.4. The molecule has 2 nitrogen and oxygen atoms in total. The van der Waals surface area contributed by atoms with Gasteiger partial charge in [0.1, 0.15) is 0 Å². The van der Waals surface area contributed by atoms with Gasteiger partial charge in [0.05, 0.1) is 17.4 Å². The fraction of sp³-hybridized carbons (Fsp3) is 0.125. The molecule has 1 atom stereocenters. The molecule has 244 valence electrons. The summed E-state index contributed by atoms with van der Waals surface area (Å²) in [5.41, 5.74) is 8.48. The molecule has 0 N–H and O–H groups in total. The van der Waals surface area contributed by atoms with Crippen LogP contribution in [0.15, 0.2) is 176 Å². The Bertz CT molecular complexity index is 2340. The highest BCUT2D eigenvalue weighted by atomic mass is 15.2. The fourth-order valence-electron chi connectivity index (χ4n) is 7.31. The molecule has 0 saturated heterocycles. The Hall–Kier alpha value is -5.86. The Kier molecular flexibility index (Phi) is 8.09. The van der Waals surface area contributed by atoms with Crippen molar-refractivity contribution in [1.82, 2.24) is 0 Å². The van der Waals surface area contributed by atoms with Gasteiger partial charge in [0, 0.05) is 27.8 Å². The van der Waals surface area contributed by atoms with Crippen LogP contribution in [-0.2, 0) is 5.41 Å². The Morgan fingerprint density at radius 2 is 0.900 bits per heavy atom. The van der Waals surface area contributed by atoms with Crippen LogP contribution in [0.4, 0.5) is 28.4 Å². The average molecular weight is 647 g/mol. The van der Waals surface area contributed by atoms with Crippen LogP contribution in [0.1, 0.15) is 44.9 Å². The van der Waals surface area contributed by atoms with Gasteiger partial charge in [0.25, 0.3) is 0 Å². The van der Waals surface area contributed by atoms with E-state index in [0.717, 1.165) is 22.7 Å². The summed E-state index contributed by atoms with van der Waals surface area (Å²) in [4.78, 5) is 4.89. The Labute approximate surface area is 295 Å². The van der Waals surface area contributed by atoms with E-state index in [4.69, 9.17) is 0 Å². The molecule has 0 radical (unpaired) electrons. The molecule has 50 heavy (non-hydrogen) atoms. The number of hydrogen-bond acceptors (Lipinski definition) is 2. The van der Waals surface area contributed by atoms with Crippen molar-refractivity contribution in [2.24, 2.45) is 0 Å². The van der Waals surface area contributed by atoms with Gasteiger partial charge in [-0.3, -0.25) is 0 Å². The lowest BCUT2D eigenvalue weighted by molar-refractivity contribution is 0.589. The SMILES string of the molecule is CC(c1ccc(C(C)(C)C)cc1)N(c1ccc(N(c2cccc3ccccc23)c2cccc3ccccc23)cc1)c1ccc2ccccc2c1. The molecule has 8 aromatic rings. The van der Waals surface area contributed by atoms with Crippen molar-refractivity contribution in [3.63, 3.8) is 0 Å². The minimum atomic E-state index is 0.100. The van der Waals surface area contributed by atoms with Crippen molar-refractivity contribution < 1.29 is 0 Å². The molecule has 2 heteroatoms. The molecule has 0 fully saturated rings. The Morgan fingerprint density at radius 3 is 1.48 bits per heavy atom. The first-order valence-electron chi connectivity index (χ1n) is 17.6. The highest BCUT2D eigenvalue weighted by molar-refractivity contribution is 6.04. The third-order valence-corrected chi connectivity index (χ3v) is 10.1. The summed E-state index contributed by atoms with van der Waals surface area (Å²) in [5.74, 6) is 0. The standard InChI is InChI=1S/C48H42N2/c1-34(35-23-26-40(27-24-35)48(2,3)4)49(43-28-25-36-13-5-6-16-39(36)33-43)41-29-31-42(32-30-41)50(46-21-11-17-37-14-7-9-19-44(37)46)47-22-12-18-38-15-8-10-20-45(38)47/h5-34H,1-4H3. The van der Waals surface area contributed by atoms with Gasteiger partial charge in [-0.05, 0) is 93.5 Å². The van der Waals surface area contributed by atoms with Gasteiger partial charge in [-0.25, -0.2) is 0 Å². The van der Waals surface area contributed by atoms with E-state index in [9.17, 15) is 0 Å². The third kappa shape index (κ3) is 5.88. The second-order valence-corrected chi connectivity index (χ2v) is 14.3. The van der Waals surface area contributed by atoms with Crippen LogP contribution >= 0.6 is 0 Å². The number of rotatable bonds is 7. The van der Waals surface area contributed by atoms with Gasteiger partial charge in [-0.2, -0.15) is 0 Å². The number of benzene rings is 8. The predicted octanol–water partition coefficient (Wildman–Crippen LogP) is 13.8. The van der Waals surface area contributed by atoms with E-state index in [0.29, 0.717) is 0 Å². The van der Waals surface area contributed by atoms with E-state index in [1.54, 1.807) is 0 Å². The van der Waals surface area contributed by atoms with Crippen molar-refractivity contribution in [2.45, 2.75) is 39.2 Å². The zero-order chi connectivity index (χ0) is 34.2. The molecule has 0 heterocycles. The van der Waals surface area contributed by atoms with Crippen LogP contribution in [0, 0.1) is 0 Å². The number of fused-ring (bicyclic) bond motifs is 3. The smallest absolute Gasteiger partial charge is 0.0563 e. The predicted molar refractivity (Wildman–Crippen MR) is 216 cm³/mol. The maximum atomic E-state index is 2.47. The van der Waals surface area contributed by atoms with Crippen LogP contribution in [-0.4, -0.2) is 0 Å². The molecule has 0 spiro atoms. The summed E-state index contributed by atoms with van der Waals surface area (Å²) >= 11 is 0. The normalized spacial score (nSPS) is 12.3. The molecule has 8 rings (SSSR count). The molecule has 0 aliphatic carbocycles. The monoisotopic (exact) mass is 646 g/mol. The van der Waals surface area contributed by atoms with Crippen LogP contribution in [0.5, 0.6) is 0 Å². The molecule has 8 aromatic carbocycles. The topological polar surface area (TPSA) is 6.48 Å². The molecule has 0 aromatic heterocycles. The second kappa shape index (κ2) is 12.9. The largest absolute Gasteiger partial charge is 0.334 e. The summed E-state index contributed by atoms with van der Waals surface area (Å²) in [6, 6.07) is 64.4. The zero-order valence-electron chi connectivity index (χ0n) is 29.2. The fourth-order valence-corrected chi connectivity index (χ4v) is 7.31. The maximum Gasteiger partial charge on any atom is 0.0563 e. The molecule has 1 unspecified atom stereocenters. The van der Waals surface area contributed by atoms with Gasteiger partial charge in [0.2, 0.25) is 0 Å². The lowest BCUT2D eigenvalue weighted by Gasteiger charge is -2.33. The van der Waals surface area contributed by atoms with Gasteiger partial charge < -0.3 is 9.80 Å². The summed E-state index contributed by atoms with van der Waals surface area (Å²) in [6.07, 6.45) is 0. The van der Waals surface area contributed by atoms with Crippen molar-refractivity contribution >= 4 is 60.8 Å². The maximum absolute atomic E-state index is 2.47. The molecule has 0 amide bonds. The van der Waals surface area contributed by atoms with Gasteiger partial charge in [-0.15, -0.1) is 0 Å². The molecular weight excluding hydrogens is 605 g/mol. The van der Waals surface area contributed by atoms with Crippen LogP contribution in [0.25, 0.3) is 32.3 Å². The minimum absolute atomic E-state index is 0.100. The molecule has 0 aliphatic rings. The van der Waals surface area contributed by atoms with E-state index < -0.39 is 0 Å². The van der Waals surface area contributed by atoms with Crippen LogP contribution < -0.4 is 9.80 Å². The van der Waals surface area contributed by atoms with E-state index in [2.05, 4.69) is 213 Å². The zero-order valence-corrected chi connectivity index (χ0v) is 29.2. The summed E-state index contributed by atoms with van der Waals surface area (Å²) < 4.78 is 0. The van der Waals surface area contributed by atoms with Crippen LogP contribution in [0.2, 0.25) is 0 Å². The summed E-state index contributed by atoms with van der Waals surface area (Å²) in [7, 11) is 0. The Morgan fingerprint density at radius 1 is 0.420 bits per heavy atom. The Balaban J connectivity index is 1.27. The molecule has 0 bridgehead atoms. The molecule has 0 aliphatic heterocycles. The van der Waals surface area contributed by atoms with Crippen molar-refractivity contribution in [3.05, 3.63) is 187 Å². The second-order valence-electron chi connectivity index (χ2n) is 14.3. The average Bonchev–Trinajstić information content (AvgIpc) is 3.15. The molecule has 0 saturated carbocycles. The van der Waals surface area contributed by atoms with Gasteiger partial charge in [0.15, 0.2) is 0 Å². The van der Waals surface area contributed by atoms with E-state index >= 15 is 0 Å². The number of anilines is 5. The van der Waals surface area contributed by atoms with E-state index in [-0.39, 0.29) is 11.5 Å².